The Bertz CT molecular complexity index is 2710. The van der Waals surface area contributed by atoms with E-state index in [4.69, 9.17) is 64.3 Å². The summed E-state index contributed by atoms with van der Waals surface area (Å²) in [6, 6.07) is 40.5. The van der Waals surface area contributed by atoms with E-state index in [-0.39, 0.29) is 20.6 Å². The second kappa shape index (κ2) is 34.8. The van der Waals surface area contributed by atoms with E-state index in [9.17, 15) is 4.79 Å². The second-order valence-corrected chi connectivity index (χ2v) is 22.2. The monoisotopic (exact) mass is 1140 g/mol. The molecule has 2 N–H and O–H groups in total. The maximum atomic E-state index is 10.7. The van der Waals surface area contributed by atoms with E-state index in [1.807, 2.05) is 115 Å². The first-order valence-corrected chi connectivity index (χ1v) is 27.8. The first kappa shape index (κ1) is 62.7. The van der Waals surface area contributed by atoms with Gasteiger partial charge in [0.15, 0.2) is 6.29 Å². The molecule has 0 unspecified atom stereocenters. The van der Waals surface area contributed by atoms with Crippen LogP contribution in [0.3, 0.4) is 0 Å². The van der Waals surface area contributed by atoms with Gasteiger partial charge >= 0.3 is 22.5 Å². The molecule has 4 heterocycles. The SMILES string of the molecule is C.CCO.CCc1cc(Cc2cccc(Cl)c2)c(C)s1.CCc1cc(Cc2cccc(Cl)c2)cs1.Cc1sc(C=O)cc1Cc1cccc(Cl)c1.Cc1sc(CO)cc1Cc1cccc(Cl)c1.[O]=[Mn]=[O]. The Labute approximate surface area is 457 Å². The number of thiophene rings is 4. The molecule has 14 heteroatoms. The molecule has 0 aliphatic heterocycles. The standard InChI is InChI=1S/C14H15ClS.C13H13ClOS.C13H11ClOS.C13H13ClS.C2H6O.CH4.Mn.2O/c1-3-14-9-12(10(2)16-14)7-11-5-4-6-13(15)8-11;2*1-9-11(7-13(8-15)16-9)5-10-3-2-4-12(14)6-10;1-2-13-8-11(9-15-13)6-10-4-3-5-12(14)7-10;1-2-3;;;;/h4-6,8-9H,3,7H2,1-2H3;2-4,6-7,15H,5,8H2,1H3;2-4,6-8H,5H2,1H3;3-5,7-9H,2,6H2,1H3;3H,2H2,1H3;1H4;;;. The third-order valence-electron chi connectivity index (χ3n) is 10.0. The number of benzene rings is 4. The number of hydrogen-bond acceptors (Lipinski definition) is 9. The average Bonchev–Trinajstić information content (AvgIpc) is 4.11. The molecule has 0 atom stereocenters. The van der Waals surface area contributed by atoms with Crippen LogP contribution in [-0.2, 0) is 67.6 Å². The van der Waals surface area contributed by atoms with Gasteiger partial charge in [-0.2, -0.15) is 0 Å². The Hall–Kier alpha value is -3.45. The molecule has 8 aromatic rings. The zero-order valence-electron chi connectivity index (χ0n) is 39.5. The van der Waals surface area contributed by atoms with Gasteiger partial charge in [0.25, 0.3) is 0 Å². The first-order valence-electron chi connectivity index (χ1n) is 22.0. The molecule has 4 aromatic heterocycles. The van der Waals surface area contributed by atoms with Crippen molar-refractivity contribution in [1.29, 1.82) is 0 Å². The molecular weight excluding hydrogens is 1080 g/mol. The number of carbonyl (C=O) groups excluding carboxylic acids is 1. The molecule has 4 aromatic carbocycles. The number of rotatable bonds is 12. The van der Waals surface area contributed by atoms with Gasteiger partial charge in [-0.15, -0.1) is 45.3 Å². The number of aldehydes is 1. The summed E-state index contributed by atoms with van der Waals surface area (Å²) in [5, 5.41) is 22.0. The van der Waals surface area contributed by atoms with Gasteiger partial charge < -0.3 is 10.2 Å². The summed E-state index contributed by atoms with van der Waals surface area (Å²) in [6.45, 7) is 12.8. The Morgan fingerprint density at radius 2 is 0.857 bits per heavy atom. The van der Waals surface area contributed by atoms with Crippen LogP contribution in [0.5, 0.6) is 0 Å². The number of carbonyl (C=O) groups is 1. The van der Waals surface area contributed by atoms with E-state index < -0.39 is 14.8 Å². The van der Waals surface area contributed by atoms with Crippen molar-refractivity contribution in [3.05, 3.63) is 225 Å². The van der Waals surface area contributed by atoms with E-state index in [2.05, 4.69) is 69.5 Å². The van der Waals surface area contributed by atoms with Crippen molar-refractivity contribution < 1.29 is 37.5 Å². The zero-order chi connectivity index (χ0) is 50.7. The summed E-state index contributed by atoms with van der Waals surface area (Å²) >= 11 is 29.3. The predicted octanol–water partition coefficient (Wildman–Crippen LogP) is 17.7. The van der Waals surface area contributed by atoms with Gasteiger partial charge in [0.05, 0.1) is 11.5 Å². The van der Waals surface area contributed by atoms with Crippen LogP contribution in [0.1, 0.15) is 112 Å². The Kier molecular flexibility index (Phi) is 31.2. The van der Waals surface area contributed by atoms with Crippen LogP contribution in [0.25, 0.3) is 0 Å². The van der Waals surface area contributed by atoms with Crippen molar-refractivity contribution >= 4 is 98.0 Å². The van der Waals surface area contributed by atoms with E-state index in [1.165, 1.54) is 80.2 Å². The van der Waals surface area contributed by atoms with Gasteiger partial charge in [-0.3, -0.25) is 4.79 Å². The number of aryl methyl sites for hydroxylation is 5. The fourth-order valence-corrected chi connectivity index (χ4v) is 11.2. The van der Waals surface area contributed by atoms with Crippen molar-refractivity contribution in [2.75, 3.05) is 6.61 Å². The summed E-state index contributed by atoms with van der Waals surface area (Å²) in [5.41, 5.74) is 10.2. The van der Waals surface area contributed by atoms with Crippen molar-refractivity contribution in [2.24, 2.45) is 0 Å². The fraction of sp³-hybridized carbons (Fsp3) is 0.268. The summed E-state index contributed by atoms with van der Waals surface area (Å²) in [5.74, 6) is 0. The fourth-order valence-electron chi connectivity index (χ4n) is 6.74. The summed E-state index contributed by atoms with van der Waals surface area (Å²) in [6.07, 6.45) is 6.83. The Balaban J connectivity index is 0.000000306. The summed E-state index contributed by atoms with van der Waals surface area (Å²) in [7, 11) is 0. The normalized spacial score (nSPS) is 9.94. The van der Waals surface area contributed by atoms with Crippen LogP contribution in [0, 0.1) is 20.8 Å². The van der Waals surface area contributed by atoms with Gasteiger partial charge in [-0.25, -0.2) is 0 Å². The number of halogens is 4. The molecule has 0 saturated heterocycles. The van der Waals surface area contributed by atoms with Crippen LogP contribution >= 0.6 is 91.8 Å². The maximum absolute atomic E-state index is 10.7. The second-order valence-electron chi connectivity index (χ2n) is 15.3. The van der Waals surface area contributed by atoms with Gasteiger partial charge in [0.2, 0.25) is 0 Å². The molecule has 0 saturated carbocycles. The first-order chi connectivity index (χ1) is 33.2. The van der Waals surface area contributed by atoms with Crippen LogP contribution in [0.4, 0.5) is 0 Å². The molecule has 0 spiro atoms. The third kappa shape index (κ3) is 23.4. The van der Waals surface area contributed by atoms with Gasteiger partial charge in [0.1, 0.15) is 0 Å². The molecule has 375 valence electrons. The molecule has 0 fully saturated rings. The van der Waals surface area contributed by atoms with Gasteiger partial charge in [-0.05, 0) is 189 Å². The Morgan fingerprint density at radius 3 is 1.17 bits per heavy atom. The molecule has 0 aliphatic rings. The molecular formula is C56H62Cl4MnO5S4. The number of hydrogen-bond donors (Lipinski definition) is 2. The Morgan fingerprint density at radius 1 is 0.500 bits per heavy atom. The number of aliphatic hydroxyl groups is 2. The van der Waals surface area contributed by atoms with Gasteiger partial charge in [0, 0.05) is 56.0 Å². The topological polar surface area (TPSA) is 91.7 Å². The van der Waals surface area contributed by atoms with Crippen molar-refractivity contribution in [3.8, 4) is 0 Å². The van der Waals surface area contributed by atoms with E-state index >= 15 is 0 Å². The third-order valence-corrected chi connectivity index (χ3v) is 15.4. The number of aliphatic hydroxyl groups excluding tert-OH is 2. The van der Waals surface area contributed by atoms with Crippen molar-refractivity contribution in [3.63, 3.8) is 0 Å². The molecule has 0 amide bonds. The summed E-state index contributed by atoms with van der Waals surface area (Å²) < 4.78 is 16.8. The van der Waals surface area contributed by atoms with Crippen LogP contribution in [0.15, 0.2) is 127 Å². The molecule has 0 aliphatic carbocycles. The van der Waals surface area contributed by atoms with Crippen molar-refractivity contribution in [2.45, 2.75) is 94.1 Å². The van der Waals surface area contributed by atoms with E-state index in [0.29, 0.717) is 0 Å². The van der Waals surface area contributed by atoms with E-state index in [0.717, 1.165) is 74.7 Å². The van der Waals surface area contributed by atoms with Crippen LogP contribution < -0.4 is 0 Å². The average molecular weight is 1140 g/mol. The minimum absolute atomic E-state index is 0. The molecule has 8 rings (SSSR count). The minimum atomic E-state index is -1.44. The van der Waals surface area contributed by atoms with Gasteiger partial charge in [-0.1, -0.05) is 116 Å². The molecule has 0 radical (unpaired) electrons. The predicted molar refractivity (Wildman–Crippen MR) is 299 cm³/mol. The molecule has 0 bridgehead atoms. The van der Waals surface area contributed by atoms with E-state index in [1.54, 1.807) is 18.3 Å². The molecule has 70 heavy (non-hydrogen) atoms. The molecule has 5 nitrogen and oxygen atoms in total. The van der Waals surface area contributed by atoms with Crippen LogP contribution in [0.2, 0.25) is 20.1 Å². The quantitative estimate of drug-likeness (QED) is 0.0939. The zero-order valence-corrected chi connectivity index (χ0v) is 47.0. The van der Waals surface area contributed by atoms with Crippen LogP contribution in [-0.4, -0.2) is 23.1 Å². The van der Waals surface area contributed by atoms with Crippen molar-refractivity contribution in [1.82, 2.24) is 0 Å². The summed E-state index contributed by atoms with van der Waals surface area (Å²) in [4.78, 5) is 19.3.